The second-order valence-electron chi connectivity index (χ2n) is 5.37. The van der Waals surface area contributed by atoms with Crippen LogP contribution in [0.25, 0.3) is 16.7 Å². The third kappa shape index (κ3) is 3.21. The molecule has 0 bridgehead atoms. The summed E-state index contributed by atoms with van der Waals surface area (Å²) in [6.07, 6.45) is 3.48. The average molecular weight is 351 g/mol. The first-order valence-electron chi connectivity index (χ1n) is 6.99. The normalized spacial score (nSPS) is 12.2. The molecule has 0 aliphatic carbocycles. The van der Waals surface area contributed by atoms with Gasteiger partial charge in [0.05, 0.1) is 4.90 Å². The number of nitrogens with one attached hydrogen (secondary N) is 1. The van der Waals surface area contributed by atoms with E-state index in [4.69, 9.17) is 11.6 Å². The fraction of sp³-hybridized carbons (Fsp3) is 0.200. The molecule has 0 radical (unpaired) electrons. The predicted octanol–water partition coefficient (Wildman–Crippen LogP) is 2.76. The summed E-state index contributed by atoms with van der Waals surface area (Å²) in [6.45, 7) is 3.56. The summed E-state index contributed by atoms with van der Waals surface area (Å²) >= 11 is 5.85. The number of hydrogen-bond acceptors (Lipinski definition) is 4. The van der Waals surface area contributed by atoms with Crippen molar-refractivity contribution in [2.45, 2.75) is 24.8 Å². The topological polar surface area (TPSA) is 76.9 Å². The zero-order valence-electron chi connectivity index (χ0n) is 12.6. The molecule has 120 valence electrons. The minimum Gasteiger partial charge on any atom is -0.301 e. The highest BCUT2D eigenvalue weighted by molar-refractivity contribution is 7.89. The Morgan fingerprint density at radius 1 is 1.17 bits per heavy atom. The third-order valence-corrected chi connectivity index (χ3v) is 5.07. The molecule has 0 amide bonds. The van der Waals surface area contributed by atoms with Crippen LogP contribution in [0.3, 0.4) is 0 Å². The van der Waals surface area contributed by atoms with Crippen LogP contribution < -0.4 is 4.72 Å². The van der Waals surface area contributed by atoms with Crippen molar-refractivity contribution >= 4 is 32.7 Å². The van der Waals surface area contributed by atoms with Crippen molar-refractivity contribution in [3.05, 3.63) is 48.0 Å². The summed E-state index contributed by atoms with van der Waals surface area (Å²) in [6, 6.07) is 8.29. The number of sulfonamides is 1. The van der Waals surface area contributed by atoms with Crippen molar-refractivity contribution in [2.24, 2.45) is 0 Å². The van der Waals surface area contributed by atoms with Gasteiger partial charge < -0.3 is 4.57 Å². The van der Waals surface area contributed by atoms with Crippen LogP contribution in [-0.4, -0.2) is 29.0 Å². The van der Waals surface area contributed by atoms with Crippen LogP contribution in [0.1, 0.15) is 13.8 Å². The zero-order valence-corrected chi connectivity index (χ0v) is 14.1. The minimum atomic E-state index is -3.50. The van der Waals surface area contributed by atoms with E-state index in [2.05, 4.69) is 14.7 Å². The van der Waals surface area contributed by atoms with Crippen LogP contribution in [-0.2, 0) is 10.0 Å². The molecule has 0 saturated heterocycles. The Labute approximate surface area is 139 Å². The molecule has 8 heteroatoms. The first-order valence-corrected chi connectivity index (χ1v) is 8.85. The van der Waals surface area contributed by atoms with E-state index in [1.807, 2.05) is 16.8 Å². The quantitative estimate of drug-likeness (QED) is 0.734. The van der Waals surface area contributed by atoms with Crippen molar-refractivity contribution in [3.63, 3.8) is 0 Å². The van der Waals surface area contributed by atoms with Crippen LogP contribution in [0.5, 0.6) is 0 Å². The standard InChI is InChI=1S/C15H15ClN4O2S/c1-10(2)19-23(21,22)13-5-3-12(4-6-13)20-8-7-11-9-17-15(16)18-14(11)20/h3-10,19H,1-2H3. The summed E-state index contributed by atoms with van der Waals surface area (Å²) in [5, 5.41) is 1.02. The van der Waals surface area contributed by atoms with Gasteiger partial charge in [-0.1, -0.05) is 0 Å². The zero-order chi connectivity index (χ0) is 16.6. The Morgan fingerprint density at radius 2 is 1.87 bits per heavy atom. The monoisotopic (exact) mass is 350 g/mol. The molecule has 2 aromatic heterocycles. The molecule has 1 aromatic carbocycles. The van der Waals surface area contributed by atoms with Gasteiger partial charge in [-0.2, -0.15) is 4.98 Å². The lowest BCUT2D eigenvalue weighted by Gasteiger charge is -2.10. The molecule has 3 rings (SSSR count). The van der Waals surface area contributed by atoms with E-state index in [1.54, 1.807) is 44.3 Å². The van der Waals surface area contributed by atoms with E-state index in [-0.39, 0.29) is 16.2 Å². The second-order valence-corrected chi connectivity index (χ2v) is 7.43. The predicted molar refractivity (Wildman–Crippen MR) is 89.3 cm³/mol. The fourth-order valence-electron chi connectivity index (χ4n) is 2.27. The van der Waals surface area contributed by atoms with E-state index >= 15 is 0 Å². The number of nitrogens with zero attached hydrogens (tertiary/aromatic N) is 3. The molecular formula is C15H15ClN4O2S. The number of hydrogen-bond donors (Lipinski definition) is 1. The summed E-state index contributed by atoms with van der Waals surface area (Å²) in [5.74, 6) is 0. The van der Waals surface area contributed by atoms with Crippen molar-refractivity contribution in [2.75, 3.05) is 0 Å². The Bertz CT molecular complexity index is 949. The van der Waals surface area contributed by atoms with Crippen molar-refractivity contribution in [1.29, 1.82) is 0 Å². The number of rotatable bonds is 4. The SMILES string of the molecule is CC(C)NS(=O)(=O)c1ccc(-n2ccc3cnc(Cl)nc32)cc1. The van der Waals surface area contributed by atoms with Crippen LogP contribution in [0, 0.1) is 0 Å². The Kier molecular flexibility index (Phi) is 4.09. The van der Waals surface area contributed by atoms with Crippen LogP contribution in [0.2, 0.25) is 5.28 Å². The lowest BCUT2D eigenvalue weighted by Crippen LogP contribution is -2.30. The Morgan fingerprint density at radius 3 is 2.52 bits per heavy atom. The van der Waals surface area contributed by atoms with E-state index in [1.165, 1.54) is 0 Å². The highest BCUT2D eigenvalue weighted by atomic mass is 35.5. The van der Waals surface area contributed by atoms with Gasteiger partial charge in [-0.25, -0.2) is 18.1 Å². The van der Waals surface area contributed by atoms with E-state index in [0.717, 1.165) is 11.1 Å². The molecular weight excluding hydrogens is 336 g/mol. The van der Waals surface area contributed by atoms with E-state index in [0.29, 0.717) is 5.65 Å². The average Bonchev–Trinajstić information content (AvgIpc) is 2.89. The van der Waals surface area contributed by atoms with Crippen LogP contribution in [0.4, 0.5) is 0 Å². The van der Waals surface area contributed by atoms with Crippen molar-refractivity contribution in [3.8, 4) is 5.69 Å². The Balaban J connectivity index is 2.00. The minimum absolute atomic E-state index is 0.160. The van der Waals surface area contributed by atoms with Gasteiger partial charge >= 0.3 is 0 Å². The highest BCUT2D eigenvalue weighted by Gasteiger charge is 2.15. The Hall–Kier alpha value is -1.96. The molecule has 2 heterocycles. The summed E-state index contributed by atoms with van der Waals surface area (Å²) < 4.78 is 28.7. The largest absolute Gasteiger partial charge is 0.301 e. The molecule has 0 fully saturated rings. The summed E-state index contributed by atoms with van der Waals surface area (Å²) in [7, 11) is -3.50. The lowest BCUT2D eigenvalue weighted by molar-refractivity contribution is 0.570. The van der Waals surface area contributed by atoms with Gasteiger partial charge in [-0.05, 0) is 55.8 Å². The maximum absolute atomic E-state index is 12.1. The molecule has 1 N–H and O–H groups in total. The molecule has 0 saturated carbocycles. The molecule has 6 nitrogen and oxygen atoms in total. The van der Waals surface area contributed by atoms with Crippen molar-refractivity contribution < 1.29 is 8.42 Å². The van der Waals surface area contributed by atoms with Crippen LogP contribution in [0.15, 0.2) is 47.6 Å². The molecule has 0 aliphatic heterocycles. The van der Waals surface area contributed by atoms with Gasteiger partial charge in [0, 0.05) is 29.5 Å². The first kappa shape index (κ1) is 15.9. The fourth-order valence-corrected chi connectivity index (χ4v) is 3.65. The van der Waals surface area contributed by atoms with Gasteiger partial charge in [-0.3, -0.25) is 0 Å². The summed E-state index contributed by atoms with van der Waals surface area (Å²) in [4.78, 5) is 8.37. The van der Waals surface area contributed by atoms with Crippen LogP contribution >= 0.6 is 11.6 Å². The molecule has 0 aliphatic rings. The molecule has 0 unspecified atom stereocenters. The smallest absolute Gasteiger partial charge is 0.240 e. The van der Waals surface area contributed by atoms with Crippen molar-refractivity contribution in [1.82, 2.24) is 19.3 Å². The van der Waals surface area contributed by atoms with E-state index < -0.39 is 10.0 Å². The molecule has 23 heavy (non-hydrogen) atoms. The van der Waals surface area contributed by atoms with Gasteiger partial charge in [-0.15, -0.1) is 0 Å². The highest BCUT2D eigenvalue weighted by Crippen LogP contribution is 2.21. The lowest BCUT2D eigenvalue weighted by atomic mass is 10.3. The maximum Gasteiger partial charge on any atom is 0.240 e. The third-order valence-electron chi connectivity index (χ3n) is 3.21. The van der Waals surface area contributed by atoms with Gasteiger partial charge in [0.15, 0.2) is 0 Å². The van der Waals surface area contributed by atoms with Gasteiger partial charge in [0.1, 0.15) is 5.65 Å². The molecule has 3 aromatic rings. The van der Waals surface area contributed by atoms with E-state index in [9.17, 15) is 8.42 Å². The molecule has 0 atom stereocenters. The van der Waals surface area contributed by atoms with Gasteiger partial charge in [0.25, 0.3) is 0 Å². The number of benzene rings is 1. The maximum atomic E-state index is 12.1. The second kappa shape index (κ2) is 5.92. The number of halogens is 1. The number of fused-ring (bicyclic) bond motifs is 1. The number of aromatic nitrogens is 3. The first-order chi connectivity index (χ1) is 10.9. The summed E-state index contributed by atoms with van der Waals surface area (Å²) in [5.41, 5.74) is 1.46. The van der Waals surface area contributed by atoms with Gasteiger partial charge in [0.2, 0.25) is 15.3 Å². The molecule has 0 spiro atoms.